The lowest BCUT2D eigenvalue weighted by atomic mass is 10.1. The average Bonchev–Trinajstić information content (AvgIpc) is 3.63. The van der Waals surface area contributed by atoms with Crippen LogP contribution in [0.15, 0.2) is 78.0 Å². The van der Waals surface area contributed by atoms with Gasteiger partial charge in [0.15, 0.2) is 5.17 Å². The van der Waals surface area contributed by atoms with Crippen LogP contribution in [0, 0.1) is 0 Å². The number of rotatable bonds is 6. The fraction of sp³-hybridized carbons (Fsp3) is 0.250. The molecule has 2 aromatic carbocycles. The molecule has 2 aliphatic rings. The first-order valence-corrected chi connectivity index (χ1v) is 13.6. The standard InChI is InChI=1S/C28H28N6O4S/c35-24(18-23-27(38)30-28(39-23)34-16-4-1-5-17-34)29-20-12-10-19(11-13-20)25(36)31-32-26(37)21-8-2-3-9-22(21)33-14-6-7-15-33/h2-3,6-15,23H,1,4-5,16-18H2,(H,29,35)(H,31,36)(H,32,37)/t23-/m1/s1. The zero-order valence-electron chi connectivity index (χ0n) is 21.1. The minimum atomic E-state index is -0.529. The van der Waals surface area contributed by atoms with Gasteiger partial charge in [0.2, 0.25) is 5.91 Å². The predicted molar refractivity (Wildman–Crippen MR) is 150 cm³/mol. The Balaban J connectivity index is 1.11. The van der Waals surface area contributed by atoms with Gasteiger partial charge in [-0.15, -0.1) is 0 Å². The molecular formula is C28H28N6O4S. The summed E-state index contributed by atoms with van der Waals surface area (Å²) in [5.41, 5.74) is 6.75. The summed E-state index contributed by atoms with van der Waals surface area (Å²) in [5, 5.41) is 2.95. The molecule has 1 atom stereocenters. The van der Waals surface area contributed by atoms with Crippen molar-refractivity contribution in [2.75, 3.05) is 18.4 Å². The molecule has 3 aromatic rings. The Bertz CT molecular complexity index is 1400. The van der Waals surface area contributed by atoms with Crippen molar-refractivity contribution in [1.82, 2.24) is 20.3 Å². The molecule has 0 spiro atoms. The number of aliphatic imine (C=N–C) groups is 1. The van der Waals surface area contributed by atoms with Crippen molar-refractivity contribution in [1.29, 1.82) is 0 Å². The van der Waals surface area contributed by atoms with Crippen molar-refractivity contribution in [3.05, 3.63) is 84.2 Å². The van der Waals surface area contributed by atoms with Crippen molar-refractivity contribution < 1.29 is 19.2 Å². The minimum absolute atomic E-state index is 0.0170. The normalized spacial score (nSPS) is 16.9. The van der Waals surface area contributed by atoms with Crippen LogP contribution in [-0.4, -0.2) is 56.6 Å². The van der Waals surface area contributed by atoms with Crippen molar-refractivity contribution in [3.63, 3.8) is 0 Å². The molecule has 0 unspecified atom stereocenters. The Morgan fingerprint density at radius 1 is 0.872 bits per heavy atom. The topological polar surface area (TPSA) is 125 Å². The van der Waals surface area contributed by atoms with E-state index in [0.29, 0.717) is 27.7 Å². The molecule has 4 amide bonds. The third-order valence-corrected chi connectivity index (χ3v) is 7.69. The molecule has 2 aliphatic heterocycles. The minimum Gasteiger partial charge on any atom is -0.351 e. The van der Waals surface area contributed by atoms with E-state index in [-0.39, 0.29) is 18.2 Å². The molecule has 0 aliphatic carbocycles. The number of amidine groups is 1. The number of piperidine rings is 1. The number of thioether (sulfide) groups is 1. The molecule has 0 bridgehead atoms. The SMILES string of the molecule is O=C(C[C@H]1SC(N2CCCCC2)=NC1=O)Nc1ccc(C(=O)NNC(=O)c2ccccc2-n2cccc2)cc1. The monoisotopic (exact) mass is 544 g/mol. The molecule has 10 nitrogen and oxygen atoms in total. The summed E-state index contributed by atoms with van der Waals surface area (Å²) in [6.07, 6.45) is 7.03. The Labute approximate surface area is 229 Å². The van der Waals surface area contributed by atoms with E-state index in [1.807, 2.05) is 41.2 Å². The summed E-state index contributed by atoms with van der Waals surface area (Å²) >= 11 is 1.35. The van der Waals surface area contributed by atoms with Crippen LogP contribution in [0.25, 0.3) is 5.69 Å². The number of hydrogen-bond acceptors (Lipinski definition) is 6. The van der Waals surface area contributed by atoms with E-state index in [1.165, 1.54) is 30.3 Å². The molecule has 1 aromatic heterocycles. The summed E-state index contributed by atoms with van der Waals surface area (Å²) in [7, 11) is 0. The van der Waals surface area contributed by atoms with Gasteiger partial charge in [0, 0.05) is 43.2 Å². The van der Waals surface area contributed by atoms with Gasteiger partial charge in [-0.05, 0) is 67.8 Å². The lowest BCUT2D eigenvalue weighted by molar-refractivity contribution is -0.121. The molecule has 1 saturated heterocycles. The number of nitrogens with one attached hydrogen (secondary N) is 3. The van der Waals surface area contributed by atoms with Crippen LogP contribution in [0.2, 0.25) is 0 Å². The lowest BCUT2D eigenvalue weighted by Gasteiger charge is -2.27. The number of para-hydroxylation sites is 1. The zero-order chi connectivity index (χ0) is 27.2. The second-order valence-electron chi connectivity index (χ2n) is 9.23. The number of aromatic nitrogens is 1. The Morgan fingerprint density at radius 3 is 2.31 bits per heavy atom. The van der Waals surface area contributed by atoms with Crippen LogP contribution in [0.1, 0.15) is 46.4 Å². The first-order chi connectivity index (χ1) is 19.0. The van der Waals surface area contributed by atoms with E-state index >= 15 is 0 Å². The highest BCUT2D eigenvalue weighted by atomic mass is 32.2. The third-order valence-electron chi connectivity index (χ3n) is 6.48. The van der Waals surface area contributed by atoms with Gasteiger partial charge in [-0.3, -0.25) is 30.0 Å². The van der Waals surface area contributed by atoms with E-state index in [2.05, 4.69) is 26.1 Å². The Morgan fingerprint density at radius 2 is 1.56 bits per heavy atom. The number of anilines is 1. The number of carbonyl (C=O) groups is 4. The number of amides is 4. The molecule has 11 heteroatoms. The van der Waals surface area contributed by atoms with Gasteiger partial charge in [-0.25, -0.2) is 0 Å². The molecule has 0 radical (unpaired) electrons. The van der Waals surface area contributed by atoms with Gasteiger partial charge in [0.05, 0.1) is 11.3 Å². The highest BCUT2D eigenvalue weighted by molar-refractivity contribution is 8.15. The smallest absolute Gasteiger partial charge is 0.271 e. The van der Waals surface area contributed by atoms with Crippen LogP contribution in [0.3, 0.4) is 0 Å². The first kappa shape index (κ1) is 26.2. The van der Waals surface area contributed by atoms with Gasteiger partial charge in [0.25, 0.3) is 17.7 Å². The summed E-state index contributed by atoms with van der Waals surface area (Å²) in [6.45, 7) is 1.78. The summed E-state index contributed by atoms with van der Waals surface area (Å²) < 4.78 is 1.81. The van der Waals surface area contributed by atoms with Gasteiger partial charge in [-0.1, -0.05) is 23.9 Å². The van der Waals surface area contributed by atoms with Crippen LogP contribution < -0.4 is 16.2 Å². The van der Waals surface area contributed by atoms with E-state index < -0.39 is 17.1 Å². The van der Waals surface area contributed by atoms with Gasteiger partial charge < -0.3 is 14.8 Å². The van der Waals surface area contributed by atoms with E-state index in [1.54, 1.807) is 24.3 Å². The summed E-state index contributed by atoms with van der Waals surface area (Å²) in [6, 6.07) is 17.0. The van der Waals surface area contributed by atoms with Crippen molar-refractivity contribution in [3.8, 4) is 5.69 Å². The molecule has 3 N–H and O–H groups in total. The molecule has 39 heavy (non-hydrogen) atoms. The van der Waals surface area contributed by atoms with Crippen molar-refractivity contribution >= 4 is 46.2 Å². The highest BCUT2D eigenvalue weighted by Gasteiger charge is 2.33. The number of benzene rings is 2. The highest BCUT2D eigenvalue weighted by Crippen LogP contribution is 2.29. The molecule has 3 heterocycles. The third kappa shape index (κ3) is 6.37. The first-order valence-electron chi connectivity index (χ1n) is 12.7. The summed E-state index contributed by atoms with van der Waals surface area (Å²) in [5.74, 6) is -1.54. The fourth-order valence-corrected chi connectivity index (χ4v) is 5.57. The molecule has 200 valence electrons. The second-order valence-corrected chi connectivity index (χ2v) is 10.4. The lowest BCUT2D eigenvalue weighted by Crippen LogP contribution is -2.41. The van der Waals surface area contributed by atoms with Gasteiger partial charge >= 0.3 is 0 Å². The number of carbonyl (C=O) groups excluding carboxylic acids is 4. The number of hydrogen-bond donors (Lipinski definition) is 3. The maximum Gasteiger partial charge on any atom is 0.271 e. The van der Waals surface area contributed by atoms with E-state index in [4.69, 9.17) is 0 Å². The second kappa shape index (κ2) is 12.0. The maximum atomic E-state index is 12.7. The van der Waals surface area contributed by atoms with Gasteiger partial charge in [0.1, 0.15) is 5.25 Å². The molecule has 0 saturated carbocycles. The Kier molecular flexibility index (Phi) is 8.07. The van der Waals surface area contributed by atoms with Crippen molar-refractivity contribution in [2.24, 2.45) is 4.99 Å². The van der Waals surface area contributed by atoms with E-state index in [0.717, 1.165) is 25.9 Å². The quantitative estimate of drug-likeness (QED) is 0.409. The largest absolute Gasteiger partial charge is 0.351 e. The number of hydrazine groups is 1. The molecular weight excluding hydrogens is 516 g/mol. The van der Waals surface area contributed by atoms with Crippen LogP contribution in [0.4, 0.5) is 5.69 Å². The van der Waals surface area contributed by atoms with Gasteiger partial charge in [-0.2, -0.15) is 4.99 Å². The predicted octanol–water partition coefficient (Wildman–Crippen LogP) is 3.36. The van der Waals surface area contributed by atoms with Crippen LogP contribution in [0.5, 0.6) is 0 Å². The number of nitrogens with zero attached hydrogens (tertiary/aromatic N) is 3. The maximum absolute atomic E-state index is 12.7. The molecule has 1 fully saturated rings. The fourth-order valence-electron chi connectivity index (χ4n) is 4.45. The summed E-state index contributed by atoms with van der Waals surface area (Å²) in [4.78, 5) is 56.5. The van der Waals surface area contributed by atoms with Crippen LogP contribution >= 0.6 is 11.8 Å². The van der Waals surface area contributed by atoms with E-state index in [9.17, 15) is 19.2 Å². The van der Waals surface area contributed by atoms with Crippen LogP contribution in [-0.2, 0) is 9.59 Å². The Hall–Kier alpha value is -4.38. The zero-order valence-corrected chi connectivity index (χ0v) is 21.9. The molecule has 5 rings (SSSR count). The number of likely N-dealkylation sites (tertiary alicyclic amines) is 1. The van der Waals surface area contributed by atoms with Crippen molar-refractivity contribution in [2.45, 2.75) is 30.9 Å². The average molecular weight is 545 g/mol.